The standard InChI is InChI=1S/C15H14N2O3/c1-6-4-11(16-20-6)17-14(18)12-7-2-3-8(10-5-9(7)10)13(12)15(17)19/h2-4,7-10,12-13H,5H2,1H3. The van der Waals surface area contributed by atoms with Crippen LogP contribution in [0.3, 0.4) is 0 Å². The maximum atomic E-state index is 12.7. The fourth-order valence-corrected chi connectivity index (χ4v) is 4.64. The van der Waals surface area contributed by atoms with Crippen LogP contribution in [-0.4, -0.2) is 17.0 Å². The van der Waals surface area contributed by atoms with Crippen molar-refractivity contribution in [2.75, 3.05) is 4.90 Å². The molecule has 102 valence electrons. The summed E-state index contributed by atoms with van der Waals surface area (Å²) in [6.45, 7) is 1.76. The smallest absolute Gasteiger partial charge is 0.239 e. The van der Waals surface area contributed by atoms with Crippen molar-refractivity contribution < 1.29 is 14.1 Å². The van der Waals surface area contributed by atoms with Crippen LogP contribution in [0.1, 0.15) is 12.2 Å². The van der Waals surface area contributed by atoms with E-state index >= 15 is 0 Å². The number of carbonyl (C=O) groups is 2. The molecule has 5 heteroatoms. The van der Waals surface area contributed by atoms with Gasteiger partial charge in [-0.15, -0.1) is 0 Å². The highest BCUT2D eigenvalue weighted by molar-refractivity contribution is 6.22. The van der Waals surface area contributed by atoms with Gasteiger partial charge >= 0.3 is 0 Å². The third-order valence-corrected chi connectivity index (χ3v) is 5.51. The van der Waals surface area contributed by atoms with E-state index in [0.717, 1.165) is 0 Å². The van der Waals surface area contributed by atoms with E-state index in [9.17, 15) is 9.59 Å². The van der Waals surface area contributed by atoms with Crippen LogP contribution < -0.4 is 4.90 Å². The predicted molar refractivity (Wildman–Crippen MR) is 68.4 cm³/mol. The molecule has 4 aliphatic carbocycles. The molecule has 6 unspecified atom stereocenters. The van der Waals surface area contributed by atoms with Crippen molar-refractivity contribution >= 4 is 17.6 Å². The van der Waals surface area contributed by atoms with Crippen LogP contribution in [0.5, 0.6) is 0 Å². The molecular formula is C15H14N2O3. The van der Waals surface area contributed by atoms with E-state index < -0.39 is 0 Å². The summed E-state index contributed by atoms with van der Waals surface area (Å²) in [5.41, 5.74) is 0. The van der Waals surface area contributed by atoms with Crippen LogP contribution in [0.25, 0.3) is 0 Å². The van der Waals surface area contributed by atoms with Crippen molar-refractivity contribution in [2.24, 2.45) is 35.5 Å². The summed E-state index contributed by atoms with van der Waals surface area (Å²) < 4.78 is 5.01. The van der Waals surface area contributed by atoms with Crippen molar-refractivity contribution in [3.05, 3.63) is 24.0 Å². The second-order valence-electron chi connectivity index (χ2n) is 6.46. The van der Waals surface area contributed by atoms with E-state index in [-0.39, 0.29) is 35.5 Å². The van der Waals surface area contributed by atoms with E-state index in [1.54, 1.807) is 13.0 Å². The Balaban J connectivity index is 1.60. The molecule has 1 aromatic rings. The molecule has 6 rings (SSSR count). The normalized spacial score (nSPS) is 44.0. The van der Waals surface area contributed by atoms with Gasteiger partial charge in [-0.1, -0.05) is 17.3 Å². The molecule has 2 heterocycles. The Morgan fingerprint density at radius 1 is 1.15 bits per heavy atom. The highest BCUT2D eigenvalue weighted by Crippen LogP contribution is 2.65. The van der Waals surface area contributed by atoms with Crippen molar-refractivity contribution in [1.29, 1.82) is 0 Å². The minimum Gasteiger partial charge on any atom is -0.360 e. The number of rotatable bonds is 1. The van der Waals surface area contributed by atoms with Gasteiger partial charge in [-0.05, 0) is 37.0 Å². The SMILES string of the molecule is Cc1cc(N2C(=O)C3C4C=CC(C5CC45)C3C2=O)no1. The van der Waals surface area contributed by atoms with Gasteiger partial charge in [-0.3, -0.25) is 9.59 Å². The van der Waals surface area contributed by atoms with E-state index in [4.69, 9.17) is 4.52 Å². The van der Waals surface area contributed by atoms with Gasteiger partial charge in [0, 0.05) is 6.07 Å². The van der Waals surface area contributed by atoms with Crippen molar-refractivity contribution in [3.63, 3.8) is 0 Å². The van der Waals surface area contributed by atoms with E-state index in [1.165, 1.54) is 11.3 Å². The Labute approximate surface area is 115 Å². The molecule has 1 aliphatic heterocycles. The number of anilines is 1. The molecule has 5 nitrogen and oxygen atoms in total. The zero-order chi connectivity index (χ0) is 13.6. The summed E-state index contributed by atoms with van der Waals surface area (Å²) >= 11 is 0. The first-order chi connectivity index (χ1) is 9.66. The van der Waals surface area contributed by atoms with Crippen LogP contribution in [0, 0.1) is 42.4 Å². The molecule has 0 radical (unpaired) electrons. The Kier molecular flexibility index (Phi) is 1.74. The average molecular weight is 270 g/mol. The van der Waals surface area contributed by atoms with Crippen LogP contribution in [0.15, 0.2) is 22.7 Å². The molecular weight excluding hydrogens is 256 g/mol. The number of aromatic nitrogens is 1. The maximum Gasteiger partial charge on any atom is 0.239 e. The molecule has 2 saturated carbocycles. The molecule has 2 bridgehead atoms. The second kappa shape index (κ2) is 3.22. The minimum atomic E-state index is -0.168. The lowest BCUT2D eigenvalue weighted by Gasteiger charge is -2.37. The van der Waals surface area contributed by atoms with Crippen molar-refractivity contribution in [1.82, 2.24) is 5.16 Å². The monoisotopic (exact) mass is 270 g/mol. The molecule has 6 atom stereocenters. The van der Waals surface area contributed by atoms with Gasteiger partial charge in [0.25, 0.3) is 0 Å². The lowest BCUT2D eigenvalue weighted by Crippen LogP contribution is -2.40. The number of hydrogen-bond donors (Lipinski definition) is 0. The molecule has 1 saturated heterocycles. The highest BCUT2D eigenvalue weighted by atomic mass is 16.5. The maximum absolute atomic E-state index is 12.7. The third-order valence-electron chi connectivity index (χ3n) is 5.51. The zero-order valence-electron chi connectivity index (χ0n) is 11.0. The van der Waals surface area contributed by atoms with E-state index in [1.807, 2.05) is 0 Å². The summed E-state index contributed by atoms with van der Waals surface area (Å²) in [5, 5.41) is 3.85. The summed E-state index contributed by atoms with van der Waals surface area (Å²) in [4.78, 5) is 26.7. The lowest BCUT2D eigenvalue weighted by atomic mass is 9.63. The number of aryl methyl sites for hydroxylation is 1. The van der Waals surface area contributed by atoms with Gasteiger partial charge in [0.1, 0.15) is 5.76 Å². The zero-order valence-corrected chi connectivity index (χ0v) is 11.0. The molecule has 5 aliphatic rings. The summed E-state index contributed by atoms with van der Waals surface area (Å²) in [6.07, 6.45) is 5.52. The average Bonchev–Trinajstić information content (AvgIpc) is 3.10. The van der Waals surface area contributed by atoms with E-state index in [0.29, 0.717) is 23.4 Å². The van der Waals surface area contributed by atoms with Gasteiger partial charge in [0.05, 0.1) is 11.8 Å². The molecule has 0 spiro atoms. The molecule has 3 fully saturated rings. The highest BCUT2D eigenvalue weighted by Gasteiger charge is 2.67. The van der Waals surface area contributed by atoms with Crippen LogP contribution in [0.2, 0.25) is 0 Å². The molecule has 0 aromatic carbocycles. The number of amides is 2. The molecule has 0 N–H and O–H groups in total. The lowest BCUT2D eigenvalue weighted by molar-refractivity contribution is -0.124. The van der Waals surface area contributed by atoms with Gasteiger partial charge in [-0.25, -0.2) is 4.90 Å². The number of imide groups is 1. The summed E-state index contributed by atoms with van der Waals surface area (Å²) in [6, 6.07) is 1.66. The molecule has 20 heavy (non-hydrogen) atoms. The van der Waals surface area contributed by atoms with Crippen LogP contribution >= 0.6 is 0 Å². The number of nitrogens with zero attached hydrogens (tertiary/aromatic N) is 2. The Bertz CT molecular complexity index is 640. The largest absolute Gasteiger partial charge is 0.360 e. The molecule has 1 aromatic heterocycles. The van der Waals surface area contributed by atoms with Crippen molar-refractivity contribution in [2.45, 2.75) is 13.3 Å². The Hall–Kier alpha value is -1.91. The quantitative estimate of drug-likeness (QED) is 0.573. The van der Waals surface area contributed by atoms with Crippen molar-refractivity contribution in [3.8, 4) is 0 Å². The number of hydrogen-bond acceptors (Lipinski definition) is 4. The van der Waals surface area contributed by atoms with Crippen LogP contribution in [-0.2, 0) is 9.59 Å². The summed E-state index contributed by atoms with van der Waals surface area (Å²) in [7, 11) is 0. The topological polar surface area (TPSA) is 63.4 Å². The van der Waals surface area contributed by atoms with Gasteiger partial charge in [0.2, 0.25) is 11.8 Å². The minimum absolute atomic E-state index is 0.0852. The number of allylic oxidation sites excluding steroid dienone is 2. The summed E-state index contributed by atoms with van der Waals surface area (Å²) in [5.74, 6) is 2.21. The van der Waals surface area contributed by atoms with Gasteiger partial charge < -0.3 is 4.52 Å². The first kappa shape index (κ1) is 10.8. The third kappa shape index (κ3) is 1.09. The van der Waals surface area contributed by atoms with Crippen LogP contribution in [0.4, 0.5) is 5.82 Å². The van der Waals surface area contributed by atoms with Gasteiger partial charge in [0.15, 0.2) is 5.82 Å². The Morgan fingerprint density at radius 3 is 2.25 bits per heavy atom. The number of carbonyl (C=O) groups excluding carboxylic acids is 2. The Morgan fingerprint density at radius 2 is 1.75 bits per heavy atom. The predicted octanol–water partition coefficient (Wildman–Crippen LogP) is 1.54. The fourth-order valence-electron chi connectivity index (χ4n) is 4.64. The first-order valence-corrected chi connectivity index (χ1v) is 7.16. The van der Waals surface area contributed by atoms with E-state index in [2.05, 4.69) is 17.3 Å². The van der Waals surface area contributed by atoms with Gasteiger partial charge in [-0.2, -0.15) is 0 Å². The second-order valence-corrected chi connectivity index (χ2v) is 6.46. The molecule has 2 amide bonds. The first-order valence-electron chi connectivity index (χ1n) is 7.16. The fraction of sp³-hybridized carbons (Fsp3) is 0.533.